The average Bonchev–Trinajstić information content (AvgIpc) is 3.29. The number of aromatic nitrogens is 1. The number of hydrogen-bond donors (Lipinski definition) is 0. The average molecular weight is 473 g/mol. The van der Waals surface area contributed by atoms with Crippen LogP contribution in [0.2, 0.25) is 0 Å². The standard InChI is InChI=1S/C28H28N2O5/c1-18-15-25(20(3)29(18)14-13-21-9-11-22(34-4)12-10-21)26(31)17-35-27(32)16-30-19(2)23-7-5-6-8-24(23)28(30)33/h5-12,15H,2,13-14,16-17H2,1,3-4H3. The fraction of sp³-hybridized carbons (Fsp3) is 0.250. The number of ketones is 1. The summed E-state index contributed by atoms with van der Waals surface area (Å²) < 4.78 is 12.5. The molecule has 0 saturated carbocycles. The van der Waals surface area contributed by atoms with Crippen molar-refractivity contribution in [2.45, 2.75) is 26.8 Å². The molecule has 3 aromatic rings. The number of rotatable bonds is 9. The fourth-order valence-electron chi connectivity index (χ4n) is 4.36. The Morgan fingerprint density at radius 2 is 1.69 bits per heavy atom. The van der Waals surface area contributed by atoms with Gasteiger partial charge in [-0.3, -0.25) is 19.3 Å². The normalized spacial score (nSPS) is 12.6. The van der Waals surface area contributed by atoms with Gasteiger partial charge in [0.05, 0.1) is 7.11 Å². The summed E-state index contributed by atoms with van der Waals surface area (Å²) in [5, 5.41) is 0. The summed E-state index contributed by atoms with van der Waals surface area (Å²) in [7, 11) is 1.64. The summed E-state index contributed by atoms with van der Waals surface area (Å²) in [6.45, 7) is 7.80. The molecule has 0 unspecified atom stereocenters. The number of carbonyl (C=O) groups is 3. The number of Topliss-reactive ketones (excluding diaryl/α,β-unsaturated/α-hetero) is 1. The van der Waals surface area contributed by atoms with Gasteiger partial charge in [-0.2, -0.15) is 0 Å². The van der Waals surface area contributed by atoms with Crippen molar-refractivity contribution in [1.29, 1.82) is 0 Å². The van der Waals surface area contributed by atoms with E-state index in [4.69, 9.17) is 9.47 Å². The first-order valence-corrected chi connectivity index (χ1v) is 11.4. The monoisotopic (exact) mass is 472 g/mol. The van der Waals surface area contributed by atoms with Crippen molar-refractivity contribution < 1.29 is 23.9 Å². The Bertz CT molecular complexity index is 1270. The number of carbonyl (C=O) groups excluding carboxylic acids is 3. The van der Waals surface area contributed by atoms with Crippen molar-refractivity contribution in [1.82, 2.24) is 9.47 Å². The minimum absolute atomic E-state index is 0.281. The van der Waals surface area contributed by atoms with Crippen LogP contribution in [0.3, 0.4) is 0 Å². The van der Waals surface area contributed by atoms with Crippen LogP contribution in [0.25, 0.3) is 5.70 Å². The molecule has 35 heavy (non-hydrogen) atoms. The van der Waals surface area contributed by atoms with E-state index in [9.17, 15) is 14.4 Å². The number of hydrogen-bond acceptors (Lipinski definition) is 5. The molecule has 0 saturated heterocycles. The largest absolute Gasteiger partial charge is 0.497 e. The number of benzene rings is 2. The van der Waals surface area contributed by atoms with Gasteiger partial charge >= 0.3 is 5.97 Å². The van der Waals surface area contributed by atoms with Gasteiger partial charge in [-0.15, -0.1) is 0 Å². The van der Waals surface area contributed by atoms with E-state index in [1.54, 1.807) is 25.3 Å². The Morgan fingerprint density at radius 3 is 2.34 bits per heavy atom. The number of ether oxygens (including phenoxy) is 2. The minimum atomic E-state index is -0.658. The summed E-state index contributed by atoms with van der Waals surface area (Å²) in [6, 6.07) is 16.8. The molecule has 4 rings (SSSR count). The second-order valence-corrected chi connectivity index (χ2v) is 8.50. The molecular formula is C28H28N2O5. The van der Waals surface area contributed by atoms with Crippen molar-refractivity contribution >= 4 is 23.4 Å². The lowest BCUT2D eigenvalue weighted by molar-refractivity contribution is -0.142. The summed E-state index contributed by atoms with van der Waals surface area (Å²) in [4.78, 5) is 39.1. The maximum Gasteiger partial charge on any atom is 0.326 e. The molecule has 0 aliphatic carbocycles. The zero-order valence-corrected chi connectivity index (χ0v) is 20.2. The maximum absolute atomic E-state index is 12.8. The topological polar surface area (TPSA) is 77.8 Å². The number of methoxy groups -OCH3 is 1. The highest BCUT2D eigenvalue weighted by Gasteiger charge is 2.32. The molecule has 0 atom stereocenters. The molecule has 180 valence electrons. The molecule has 1 amide bonds. The van der Waals surface area contributed by atoms with Crippen LogP contribution in [0.1, 0.15) is 43.2 Å². The van der Waals surface area contributed by atoms with E-state index in [0.29, 0.717) is 22.4 Å². The predicted molar refractivity (Wildman–Crippen MR) is 132 cm³/mol. The lowest BCUT2D eigenvalue weighted by Gasteiger charge is -2.16. The van der Waals surface area contributed by atoms with Crippen molar-refractivity contribution in [2.75, 3.05) is 20.3 Å². The van der Waals surface area contributed by atoms with E-state index in [-0.39, 0.29) is 24.8 Å². The molecule has 0 spiro atoms. The molecule has 7 heteroatoms. The molecule has 1 aliphatic rings. The van der Waals surface area contributed by atoms with Crippen LogP contribution < -0.4 is 4.74 Å². The van der Waals surface area contributed by atoms with E-state index in [1.807, 2.05) is 50.2 Å². The van der Waals surface area contributed by atoms with Crippen LogP contribution in [0.15, 0.2) is 61.2 Å². The second-order valence-electron chi connectivity index (χ2n) is 8.50. The van der Waals surface area contributed by atoms with Crippen LogP contribution in [0.5, 0.6) is 5.75 Å². The first-order chi connectivity index (χ1) is 16.8. The lowest BCUT2D eigenvalue weighted by Crippen LogP contribution is -2.31. The Labute approximate surface area is 204 Å². The van der Waals surface area contributed by atoms with Crippen LogP contribution >= 0.6 is 0 Å². The van der Waals surface area contributed by atoms with Crippen molar-refractivity contribution in [3.8, 4) is 5.75 Å². The Balaban J connectivity index is 1.34. The lowest BCUT2D eigenvalue weighted by atomic mass is 10.1. The number of aryl methyl sites for hydroxylation is 2. The van der Waals surface area contributed by atoms with E-state index in [0.717, 1.165) is 30.1 Å². The summed E-state index contributed by atoms with van der Waals surface area (Å²) in [6.07, 6.45) is 0.805. The van der Waals surface area contributed by atoms with Gasteiger partial charge < -0.3 is 14.0 Å². The van der Waals surface area contributed by atoms with E-state index >= 15 is 0 Å². The molecule has 0 radical (unpaired) electrons. The maximum atomic E-state index is 12.8. The van der Waals surface area contributed by atoms with Crippen molar-refractivity contribution in [3.63, 3.8) is 0 Å². The molecule has 7 nitrogen and oxygen atoms in total. The molecule has 0 N–H and O–H groups in total. The summed E-state index contributed by atoms with van der Waals surface area (Å²) in [5.41, 5.74) is 5.14. The van der Waals surface area contributed by atoms with Gasteiger partial charge in [-0.05, 0) is 50.1 Å². The third-order valence-corrected chi connectivity index (χ3v) is 6.35. The predicted octanol–water partition coefficient (Wildman–Crippen LogP) is 4.21. The number of fused-ring (bicyclic) bond motifs is 1. The zero-order valence-electron chi connectivity index (χ0n) is 20.2. The number of esters is 1. The van der Waals surface area contributed by atoms with E-state index in [2.05, 4.69) is 11.1 Å². The van der Waals surface area contributed by atoms with Gasteiger partial charge in [0.1, 0.15) is 12.3 Å². The van der Waals surface area contributed by atoms with Gasteiger partial charge in [-0.1, -0.05) is 36.9 Å². The first-order valence-electron chi connectivity index (χ1n) is 11.4. The minimum Gasteiger partial charge on any atom is -0.497 e. The molecule has 0 fully saturated rings. The van der Waals surface area contributed by atoms with Gasteiger partial charge in [-0.25, -0.2) is 0 Å². The first kappa shape index (κ1) is 24.0. The smallest absolute Gasteiger partial charge is 0.326 e. The number of nitrogens with zero attached hydrogens (tertiary/aromatic N) is 2. The second kappa shape index (κ2) is 10.0. The SMILES string of the molecule is C=C1c2ccccc2C(=O)N1CC(=O)OCC(=O)c1cc(C)n(CCc2ccc(OC)cc2)c1C. The van der Waals surface area contributed by atoms with Gasteiger partial charge in [0.2, 0.25) is 5.78 Å². The van der Waals surface area contributed by atoms with Gasteiger partial charge in [0, 0.05) is 40.3 Å². The molecule has 1 aliphatic heterocycles. The highest BCUT2D eigenvalue weighted by molar-refractivity contribution is 6.10. The fourth-order valence-corrected chi connectivity index (χ4v) is 4.36. The Hall–Kier alpha value is -4.13. The Morgan fingerprint density at radius 1 is 1.00 bits per heavy atom. The highest BCUT2D eigenvalue weighted by atomic mass is 16.5. The third kappa shape index (κ3) is 4.89. The van der Waals surface area contributed by atoms with Crippen LogP contribution in [0.4, 0.5) is 0 Å². The zero-order chi connectivity index (χ0) is 25.1. The summed E-state index contributed by atoms with van der Waals surface area (Å²) >= 11 is 0. The van der Waals surface area contributed by atoms with Crippen molar-refractivity contribution in [3.05, 3.63) is 94.8 Å². The van der Waals surface area contributed by atoms with Crippen LogP contribution in [0, 0.1) is 13.8 Å². The molecule has 2 heterocycles. The highest BCUT2D eigenvalue weighted by Crippen LogP contribution is 2.30. The Kier molecular flexibility index (Phi) is 6.87. The summed E-state index contributed by atoms with van der Waals surface area (Å²) in [5.74, 6) is -0.423. The molecular weight excluding hydrogens is 444 g/mol. The van der Waals surface area contributed by atoms with Gasteiger partial charge in [0.25, 0.3) is 5.91 Å². The van der Waals surface area contributed by atoms with Gasteiger partial charge in [0.15, 0.2) is 6.61 Å². The van der Waals surface area contributed by atoms with Crippen LogP contribution in [-0.2, 0) is 22.5 Å². The third-order valence-electron chi connectivity index (χ3n) is 6.35. The van der Waals surface area contributed by atoms with E-state index < -0.39 is 5.97 Å². The molecule has 0 bridgehead atoms. The molecule has 1 aromatic heterocycles. The van der Waals surface area contributed by atoms with E-state index in [1.165, 1.54) is 10.5 Å². The quantitative estimate of drug-likeness (QED) is 0.344. The van der Waals surface area contributed by atoms with Crippen molar-refractivity contribution in [2.24, 2.45) is 0 Å². The number of amides is 1. The molecule has 2 aromatic carbocycles. The van der Waals surface area contributed by atoms with Crippen LogP contribution in [-0.4, -0.2) is 47.4 Å².